The van der Waals surface area contributed by atoms with Crippen LogP contribution in [-0.4, -0.2) is 134 Å². The van der Waals surface area contributed by atoms with Crippen LogP contribution in [0.4, 0.5) is 21.0 Å². The highest BCUT2D eigenvalue weighted by Crippen LogP contribution is 2.34. The number of likely N-dealkylation sites (N-methyl/N-ethyl adjacent to an activating group) is 1. The average molecular weight is 797 g/mol. The van der Waals surface area contributed by atoms with Gasteiger partial charge in [-0.25, -0.2) is 9.59 Å². The van der Waals surface area contributed by atoms with E-state index in [4.69, 9.17) is 4.74 Å². The molecule has 12 nitrogen and oxygen atoms in total. The van der Waals surface area contributed by atoms with Crippen LogP contribution in [0.5, 0.6) is 0 Å². The number of hydrogen-bond acceptors (Lipinski definition) is 7. The van der Waals surface area contributed by atoms with Gasteiger partial charge in [0.05, 0.1) is 5.69 Å². The topological polar surface area (TPSA) is 117 Å². The fourth-order valence-corrected chi connectivity index (χ4v) is 7.93. The van der Waals surface area contributed by atoms with Gasteiger partial charge in [-0.2, -0.15) is 0 Å². The van der Waals surface area contributed by atoms with E-state index in [1.165, 1.54) is 0 Å². The Bertz CT molecular complexity index is 1800. The van der Waals surface area contributed by atoms with Gasteiger partial charge in [0.1, 0.15) is 5.60 Å². The molecule has 1 N–H and O–H groups in total. The molecule has 5 rings (SSSR count). The molecular formula is C46H64N6O6. The molecule has 0 atom stereocenters. The molecular weight excluding hydrogens is 733 g/mol. The summed E-state index contributed by atoms with van der Waals surface area (Å²) in [5.41, 5.74) is 3.83. The number of para-hydroxylation sites is 1. The van der Waals surface area contributed by atoms with Gasteiger partial charge in [0.25, 0.3) is 5.91 Å². The summed E-state index contributed by atoms with van der Waals surface area (Å²) < 4.78 is 5.40. The molecule has 2 aliphatic heterocycles. The third kappa shape index (κ3) is 12.4. The standard InChI is InChI=1S/C46H64N6O6/c1-46(2,3)58-45(57)49(6)28-12-27-48(5)43(54)37-18-20-38(21-19-37)51-31-23-35(24-32-51)17-22-42(53)47(4)33-34-50-29-25-39(26-30-50)52(44(55)56)41-16-11-10-15-40(41)36-13-8-7-9-14-36/h7-11,13-16,18-21,35,39H,12,17,22-34H2,1-6H3,(H,55,56). The Morgan fingerprint density at radius 1 is 0.741 bits per heavy atom. The van der Waals surface area contributed by atoms with Gasteiger partial charge < -0.3 is 34.3 Å². The van der Waals surface area contributed by atoms with Gasteiger partial charge in [-0.3, -0.25) is 14.5 Å². The van der Waals surface area contributed by atoms with Crippen molar-refractivity contribution in [3.8, 4) is 11.1 Å². The van der Waals surface area contributed by atoms with Crippen LogP contribution in [0.1, 0.15) is 76.1 Å². The summed E-state index contributed by atoms with van der Waals surface area (Å²) in [7, 11) is 5.38. The summed E-state index contributed by atoms with van der Waals surface area (Å²) in [4.78, 5) is 62.3. The number of hydrogen-bond donors (Lipinski definition) is 1. The van der Waals surface area contributed by atoms with E-state index in [1.54, 1.807) is 28.8 Å². The minimum absolute atomic E-state index is 0.0480. The molecule has 2 fully saturated rings. The van der Waals surface area contributed by atoms with Gasteiger partial charge in [-0.15, -0.1) is 0 Å². The Kier molecular flexibility index (Phi) is 15.6. The van der Waals surface area contributed by atoms with E-state index in [2.05, 4.69) is 9.80 Å². The van der Waals surface area contributed by atoms with Crippen LogP contribution in [0, 0.1) is 5.92 Å². The summed E-state index contributed by atoms with van der Waals surface area (Å²) in [6, 6.07) is 25.4. The largest absolute Gasteiger partial charge is 0.465 e. The van der Waals surface area contributed by atoms with Gasteiger partial charge >= 0.3 is 12.2 Å². The molecule has 0 saturated carbocycles. The number of amides is 4. The number of benzene rings is 3. The molecule has 2 saturated heterocycles. The number of carboxylic acid groups (broad SMARTS) is 1. The second-order valence-corrected chi connectivity index (χ2v) is 16.9. The molecule has 12 heteroatoms. The highest BCUT2D eigenvalue weighted by atomic mass is 16.6. The summed E-state index contributed by atoms with van der Waals surface area (Å²) in [5.74, 6) is 0.626. The minimum Gasteiger partial charge on any atom is -0.465 e. The van der Waals surface area contributed by atoms with Crippen molar-refractivity contribution in [2.45, 2.75) is 77.4 Å². The molecule has 0 spiro atoms. The molecule has 2 aliphatic rings. The van der Waals surface area contributed by atoms with Crippen molar-refractivity contribution in [3.05, 3.63) is 84.4 Å². The molecule has 58 heavy (non-hydrogen) atoms. The average Bonchev–Trinajstić information content (AvgIpc) is 3.22. The van der Waals surface area contributed by atoms with Crippen LogP contribution in [-0.2, 0) is 9.53 Å². The summed E-state index contributed by atoms with van der Waals surface area (Å²) >= 11 is 0. The van der Waals surface area contributed by atoms with E-state index in [0.29, 0.717) is 44.0 Å². The lowest BCUT2D eigenvalue weighted by Crippen LogP contribution is -2.48. The first kappa shape index (κ1) is 44.0. The maximum Gasteiger partial charge on any atom is 0.412 e. The maximum atomic E-state index is 13.1. The highest BCUT2D eigenvalue weighted by Gasteiger charge is 2.31. The first-order valence-corrected chi connectivity index (χ1v) is 20.9. The van der Waals surface area contributed by atoms with Gasteiger partial charge in [0, 0.05) is 103 Å². The lowest BCUT2D eigenvalue weighted by atomic mass is 9.91. The lowest BCUT2D eigenvalue weighted by Gasteiger charge is -2.38. The summed E-state index contributed by atoms with van der Waals surface area (Å²) in [6.45, 7) is 11.4. The Balaban J connectivity index is 0.982. The van der Waals surface area contributed by atoms with E-state index in [-0.39, 0.29) is 23.9 Å². The van der Waals surface area contributed by atoms with E-state index >= 15 is 0 Å². The molecule has 4 amide bonds. The van der Waals surface area contributed by atoms with E-state index < -0.39 is 11.7 Å². The first-order chi connectivity index (χ1) is 27.7. The third-order valence-electron chi connectivity index (χ3n) is 11.5. The molecule has 0 unspecified atom stereocenters. The Morgan fingerprint density at radius 3 is 2.00 bits per heavy atom. The fraction of sp³-hybridized carbons (Fsp3) is 0.522. The van der Waals surface area contributed by atoms with E-state index in [9.17, 15) is 24.3 Å². The van der Waals surface area contributed by atoms with Gasteiger partial charge in [-0.1, -0.05) is 48.5 Å². The number of nitrogens with zero attached hydrogens (tertiary/aromatic N) is 6. The van der Waals surface area contributed by atoms with Crippen molar-refractivity contribution in [1.82, 2.24) is 19.6 Å². The monoisotopic (exact) mass is 796 g/mol. The quantitative estimate of drug-likeness (QED) is 0.166. The van der Waals surface area contributed by atoms with E-state index in [1.807, 2.05) is 112 Å². The number of anilines is 2. The summed E-state index contributed by atoms with van der Waals surface area (Å²) in [5, 5.41) is 10.3. The smallest absolute Gasteiger partial charge is 0.412 e. The van der Waals surface area contributed by atoms with Crippen LogP contribution >= 0.6 is 0 Å². The molecule has 0 bridgehead atoms. The Morgan fingerprint density at radius 2 is 1.36 bits per heavy atom. The van der Waals surface area contributed by atoms with Crippen molar-refractivity contribution in [3.63, 3.8) is 0 Å². The molecule has 3 aromatic rings. The fourth-order valence-electron chi connectivity index (χ4n) is 7.93. The predicted octanol–water partition coefficient (Wildman–Crippen LogP) is 7.79. The molecule has 0 radical (unpaired) electrons. The Labute approximate surface area is 345 Å². The lowest BCUT2D eigenvalue weighted by molar-refractivity contribution is -0.130. The van der Waals surface area contributed by atoms with Crippen molar-refractivity contribution < 1.29 is 29.0 Å². The van der Waals surface area contributed by atoms with Gasteiger partial charge in [0.15, 0.2) is 0 Å². The van der Waals surface area contributed by atoms with Crippen LogP contribution < -0.4 is 9.80 Å². The van der Waals surface area contributed by atoms with Gasteiger partial charge in [0.2, 0.25) is 5.91 Å². The first-order valence-electron chi connectivity index (χ1n) is 20.9. The number of carbonyl (C=O) groups is 4. The maximum absolute atomic E-state index is 13.1. The second kappa shape index (κ2) is 20.5. The molecule has 314 valence electrons. The number of carbonyl (C=O) groups excluding carboxylic acids is 3. The van der Waals surface area contributed by atoms with Gasteiger partial charge in [-0.05, 0) is 101 Å². The molecule has 0 aliphatic carbocycles. The van der Waals surface area contributed by atoms with Crippen molar-refractivity contribution in [2.75, 3.05) is 83.3 Å². The second-order valence-electron chi connectivity index (χ2n) is 16.9. The molecule has 3 aromatic carbocycles. The predicted molar refractivity (Wildman–Crippen MR) is 231 cm³/mol. The van der Waals surface area contributed by atoms with Crippen molar-refractivity contribution in [2.24, 2.45) is 5.92 Å². The molecule has 2 heterocycles. The minimum atomic E-state index is -0.931. The Hall–Kier alpha value is -5.10. The number of rotatable bonds is 15. The van der Waals surface area contributed by atoms with Crippen molar-refractivity contribution in [1.29, 1.82) is 0 Å². The van der Waals surface area contributed by atoms with Crippen LogP contribution in [0.25, 0.3) is 11.1 Å². The zero-order valence-electron chi connectivity index (χ0n) is 35.4. The number of likely N-dealkylation sites (tertiary alicyclic amines) is 1. The number of ether oxygens (including phenoxy) is 1. The summed E-state index contributed by atoms with van der Waals surface area (Å²) in [6.07, 6.45) is 4.30. The highest BCUT2D eigenvalue weighted by molar-refractivity contribution is 5.94. The number of piperidine rings is 2. The molecule has 0 aromatic heterocycles. The van der Waals surface area contributed by atoms with Crippen molar-refractivity contribution >= 4 is 35.4 Å². The van der Waals surface area contributed by atoms with E-state index in [0.717, 1.165) is 87.3 Å². The van der Waals surface area contributed by atoms with Crippen LogP contribution in [0.3, 0.4) is 0 Å². The third-order valence-corrected chi connectivity index (χ3v) is 11.5. The van der Waals surface area contributed by atoms with Crippen LogP contribution in [0.2, 0.25) is 0 Å². The zero-order valence-corrected chi connectivity index (χ0v) is 35.4. The van der Waals surface area contributed by atoms with Crippen LogP contribution in [0.15, 0.2) is 78.9 Å². The normalized spacial score (nSPS) is 15.4. The SMILES string of the molecule is CN(CCN1CCC(N(C(=O)O)c2ccccc2-c2ccccc2)CC1)C(=O)CCC1CCN(c2ccc(C(=O)N(C)CCCN(C)C(=O)OC(C)(C)C)cc2)CC1. The zero-order chi connectivity index (χ0) is 41.8.